The van der Waals surface area contributed by atoms with Crippen molar-refractivity contribution in [1.29, 1.82) is 0 Å². The average Bonchev–Trinajstić information content (AvgIpc) is 3.16. The normalized spacial score (nSPS) is 14.1. The Labute approximate surface area is 335 Å². The number of rotatable bonds is 44. The zero-order chi connectivity index (χ0) is 39.6. The molecule has 1 unspecified atom stereocenters. The Bertz CT molecular complexity index is 860. The third-order valence-corrected chi connectivity index (χ3v) is 11.6. The van der Waals surface area contributed by atoms with Crippen LogP contribution in [0.3, 0.4) is 0 Å². The molecule has 5 N–H and O–H groups in total. The van der Waals surface area contributed by atoms with Gasteiger partial charge in [-0.25, -0.2) is 4.57 Å². The van der Waals surface area contributed by atoms with Gasteiger partial charge in [-0.1, -0.05) is 225 Å². The van der Waals surface area contributed by atoms with Crippen LogP contribution in [-0.2, 0) is 18.4 Å². The minimum absolute atomic E-state index is 0.0815. The van der Waals surface area contributed by atoms with Gasteiger partial charge in [-0.2, -0.15) is 0 Å². The van der Waals surface area contributed by atoms with Crippen molar-refractivity contribution in [3.05, 3.63) is 12.2 Å². The summed E-state index contributed by atoms with van der Waals surface area (Å²) < 4.78 is 22.2. The standard InChI is InChI=1S/C45H91N2O6P/c1-3-5-7-9-11-13-15-17-19-21-23-25-27-29-31-33-35-37-39-45(49)47-43(42-53-54(50,51)52-41-40-46)44(48)38-36-34-32-30-28-26-24-22-20-18-16-14-12-10-8-6-4-2/h36,38,43-44,48H,3-35,37,39-42,46H2,1-2H3,(H,47,49)(H,50,51)/b38-36+/t43-,44+/m0/s1. The number of allylic oxidation sites excluding steroid dienone is 1. The molecule has 9 heteroatoms. The second kappa shape index (κ2) is 41.9. The van der Waals surface area contributed by atoms with Crippen LogP contribution in [0.15, 0.2) is 12.2 Å². The van der Waals surface area contributed by atoms with E-state index in [9.17, 15) is 19.4 Å². The average molecular weight is 787 g/mol. The number of aliphatic hydroxyl groups is 1. The van der Waals surface area contributed by atoms with E-state index < -0.39 is 20.0 Å². The molecular formula is C45H91N2O6P. The van der Waals surface area contributed by atoms with E-state index in [0.717, 1.165) is 38.5 Å². The van der Waals surface area contributed by atoms with E-state index in [1.807, 2.05) is 6.08 Å². The number of amides is 1. The number of nitrogens with one attached hydrogen (secondary N) is 1. The van der Waals surface area contributed by atoms with Crippen LogP contribution in [0, 0.1) is 0 Å². The summed E-state index contributed by atoms with van der Waals surface area (Å²) in [6.07, 6.45) is 46.9. The number of hydrogen-bond donors (Lipinski definition) is 4. The van der Waals surface area contributed by atoms with Crippen LogP contribution in [0.25, 0.3) is 0 Å². The molecule has 0 aliphatic heterocycles. The van der Waals surface area contributed by atoms with Gasteiger partial charge in [0.2, 0.25) is 5.91 Å². The van der Waals surface area contributed by atoms with Crippen molar-refractivity contribution in [3.8, 4) is 0 Å². The molecule has 0 aromatic heterocycles. The van der Waals surface area contributed by atoms with Gasteiger partial charge in [-0.3, -0.25) is 13.8 Å². The number of nitrogens with two attached hydrogens (primary N) is 1. The highest BCUT2D eigenvalue weighted by atomic mass is 31.2. The maximum Gasteiger partial charge on any atom is 0.472 e. The second-order valence-corrected chi connectivity index (χ2v) is 17.4. The number of aliphatic hydroxyl groups excluding tert-OH is 1. The number of hydrogen-bond acceptors (Lipinski definition) is 6. The molecule has 0 saturated carbocycles. The molecule has 3 atom stereocenters. The third kappa shape index (κ3) is 39.5. The summed E-state index contributed by atoms with van der Waals surface area (Å²) in [5.74, 6) is -0.189. The number of carbonyl (C=O) groups excluding carboxylic acids is 1. The lowest BCUT2D eigenvalue weighted by Gasteiger charge is -2.23. The van der Waals surface area contributed by atoms with Crippen LogP contribution < -0.4 is 11.1 Å². The molecule has 1 amide bonds. The fraction of sp³-hybridized carbons (Fsp3) is 0.933. The van der Waals surface area contributed by atoms with Gasteiger partial charge in [0.1, 0.15) is 0 Å². The van der Waals surface area contributed by atoms with Gasteiger partial charge in [0.05, 0.1) is 25.4 Å². The van der Waals surface area contributed by atoms with Crippen molar-refractivity contribution in [2.24, 2.45) is 5.73 Å². The summed E-state index contributed by atoms with van der Waals surface area (Å²) in [7, 11) is -4.33. The fourth-order valence-electron chi connectivity index (χ4n) is 7.07. The molecule has 0 aliphatic carbocycles. The molecule has 0 aliphatic rings. The maximum absolute atomic E-state index is 12.8. The Morgan fingerprint density at radius 1 is 0.593 bits per heavy atom. The Balaban J connectivity index is 4.14. The minimum atomic E-state index is -4.33. The lowest BCUT2D eigenvalue weighted by molar-refractivity contribution is -0.123. The van der Waals surface area contributed by atoms with Crippen LogP contribution in [-0.4, -0.2) is 47.8 Å². The van der Waals surface area contributed by atoms with Gasteiger partial charge in [0.25, 0.3) is 0 Å². The van der Waals surface area contributed by atoms with E-state index in [-0.39, 0.29) is 25.7 Å². The molecule has 0 bridgehead atoms. The molecule has 8 nitrogen and oxygen atoms in total. The molecule has 0 rings (SSSR count). The van der Waals surface area contributed by atoms with Crippen LogP contribution in [0.2, 0.25) is 0 Å². The molecular weight excluding hydrogens is 695 g/mol. The molecule has 322 valence electrons. The first-order valence-corrected chi connectivity index (χ1v) is 24.8. The summed E-state index contributed by atoms with van der Waals surface area (Å²) in [5, 5.41) is 13.7. The summed E-state index contributed by atoms with van der Waals surface area (Å²) in [4.78, 5) is 22.7. The SMILES string of the molecule is CCCCCCCCCCCCCCCCC/C=C/[C@@H](O)[C@H](COP(=O)(O)OCCN)NC(=O)CCCCCCCCCCCCCCCCCCCC. The van der Waals surface area contributed by atoms with Gasteiger partial charge in [0, 0.05) is 13.0 Å². The Kier molecular flexibility index (Phi) is 41.3. The number of carbonyl (C=O) groups is 1. The molecule has 0 fully saturated rings. The lowest BCUT2D eigenvalue weighted by Crippen LogP contribution is -2.45. The first-order valence-electron chi connectivity index (χ1n) is 23.3. The predicted octanol–water partition coefficient (Wildman–Crippen LogP) is 13.2. The molecule has 0 heterocycles. The highest BCUT2D eigenvalue weighted by Crippen LogP contribution is 2.43. The summed E-state index contributed by atoms with van der Waals surface area (Å²) in [6, 6.07) is -0.854. The van der Waals surface area contributed by atoms with Gasteiger partial charge in [-0.05, 0) is 19.3 Å². The zero-order valence-corrected chi connectivity index (χ0v) is 36.6. The lowest BCUT2D eigenvalue weighted by atomic mass is 10.0. The van der Waals surface area contributed by atoms with Crippen molar-refractivity contribution < 1.29 is 28.4 Å². The highest BCUT2D eigenvalue weighted by Gasteiger charge is 2.26. The van der Waals surface area contributed by atoms with E-state index in [1.54, 1.807) is 6.08 Å². The topological polar surface area (TPSA) is 131 Å². The molecule has 0 spiro atoms. The molecule has 0 radical (unpaired) electrons. The fourth-order valence-corrected chi connectivity index (χ4v) is 7.83. The van der Waals surface area contributed by atoms with Crippen molar-refractivity contribution in [1.82, 2.24) is 5.32 Å². The largest absolute Gasteiger partial charge is 0.472 e. The van der Waals surface area contributed by atoms with Crippen molar-refractivity contribution in [3.63, 3.8) is 0 Å². The van der Waals surface area contributed by atoms with Gasteiger partial charge in [0.15, 0.2) is 0 Å². The van der Waals surface area contributed by atoms with Gasteiger partial charge >= 0.3 is 7.82 Å². The van der Waals surface area contributed by atoms with Crippen LogP contribution in [0.4, 0.5) is 0 Å². The Morgan fingerprint density at radius 3 is 1.31 bits per heavy atom. The molecule has 0 aromatic rings. The van der Waals surface area contributed by atoms with Gasteiger partial charge in [-0.15, -0.1) is 0 Å². The Morgan fingerprint density at radius 2 is 0.944 bits per heavy atom. The van der Waals surface area contributed by atoms with E-state index in [1.165, 1.54) is 180 Å². The number of phosphoric acid groups is 1. The first-order chi connectivity index (χ1) is 26.4. The van der Waals surface area contributed by atoms with Crippen molar-refractivity contribution in [2.75, 3.05) is 19.8 Å². The maximum atomic E-state index is 12.8. The van der Waals surface area contributed by atoms with Crippen molar-refractivity contribution >= 4 is 13.7 Å². The molecule has 0 saturated heterocycles. The highest BCUT2D eigenvalue weighted by molar-refractivity contribution is 7.47. The predicted molar refractivity (Wildman–Crippen MR) is 231 cm³/mol. The number of phosphoric ester groups is 1. The van der Waals surface area contributed by atoms with Crippen LogP contribution >= 0.6 is 7.82 Å². The second-order valence-electron chi connectivity index (χ2n) is 16.0. The number of unbranched alkanes of at least 4 members (excludes halogenated alkanes) is 32. The van der Waals surface area contributed by atoms with Crippen LogP contribution in [0.5, 0.6) is 0 Å². The van der Waals surface area contributed by atoms with Gasteiger partial charge < -0.3 is 21.1 Å². The van der Waals surface area contributed by atoms with Crippen molar-refractivity contribution in [2.45, 2.75) is 251 Å². The van der Waals surface area contributed by atoms with E-state index in [0.29, 0.717) is 6.42 Å². The monoisotopic (exact) mass is 787 g/mol. The summed E-state index contributed by atoms with van der Waals surface area (Å²) in [6.45, 7) is 4.17. The first kappa shape index (κ1) is 53.2. The summed E-state index contributed by atoms with van der Waals surface area (Å²) in [5.41, 5.74) is 5.38. The summed E-state index contributed by atoms with van der Waals surface area (Å²) >= 11 is 0. The zero-order valence-electron chi connectivity index (χ0n) is 35.7. The smallest absolute Gasteiger partial charge is 0.387 e. The molecule has 54 heavy (non-hydrogen) atoms. The molecule has 0 aromatic carbocycles. The Hall–Kier alpha value is -0.760. The minimum Gasteiger partial charge on any atom is -0.387 e. The third-order valence-electron chi connectivity index (χ3n) is 10.6. The van der Waals surface area contributed by atoms with E-state index >= 15 is 0 Å². The van der Waals surface area contributed by atoms with E-state index in [2.05, 4.69) is 19.2 Å². The quantitative estimate of drug-likeness (QED) is 0.0275. The van der Waals surface area contributed by atoms with Crippen LogP contribution in [0.1, 0.15) is 239 Å². The van der Waals surface area contributed by atoms with E-state index in [4.69, 9.17) is 14.8 Å².